The van der Waals surface area contributed by atoms with E-state index in [0.29, 0.717) is 17.0 Å². The number of ether oxygens (including phenoxy) is 3. The van der Waals surface area contributed by atoms with E-state index in [2.05, 4.69) is 23.8 Å². The molecule has 2 saturated heterocycles. The van der Waals surface area contributed by atoms with Crippen LogP contribution < -0.4 is 11.3 Å². The largest absolute Gasteiger partial charge is 0.456 e. The molecule has 4 rings (SSSR count). The quantitative estimate of drug-likeness (QED) is 0.711. The molecule has 2 aliphatic rings. The van der Waals surface area contributed by atoms with Crippen LogP contribution in [0.25, 0.3) is 11.1 Å². The van der Waals surface area contributed by atoms with Crippen LogP contribution >= 0.6 is 0 Å². The van der Waals surface area contributed by atoms with Crippen LogP contribution in [0.2, 0.25) is 0 Å². The maximum Gasteiger partial charge on any atom is 0.295 e. The van der Waals surface area contributed by atoms with E-state index >= 15 is 0 Å². The Kier molecular flexibility index (Phi) is 4.50. The lowest BCUT2D eigenvalue weighted by atomic mass is 9.89. The van der Waals surface area contributed by atoms with Gasteiger partial charge in [0.25, 0.3) is 5.56 Å². The molecular formula is C18H25N3O6. The highest BCUT2D eigenvalue weighted by molar-refractivity contribution is 5.77. The van der Waals surface area contributed by atoms with Crippen molar-refractivity contribution in [3.05, 3.63) is 22.2 Å². The zero-order chi connectivity index (χ0) is 19.3. The molecule has 0 radical (unpaired) electrons. The van der Waals surface area contributed by atoms with Crippen molar-refractivity contribution in [1.82, 2.24) is 9.97 Å². The Bertz CT molecular complexity index is 893. The average Bonchev–Trinajstić information content (AvgIpc) is 3.22. The first kappa shape index (κ1) is 18.4. The van der Waals surface area contributed by atoms with Crippen molar-refractivity contribution in [1.29, 1.82) is 0 Å². The topological polar surface area (TPSA) is 133 Å². The number of furan rings is 1. The van der Waals surface area contributed by atoms with Crippen molar-refractivity contribution in [3.63, 3.8) is 0 Å². The summed E-state index contributed by atoms with van der Waals surface area (Å²) < 4.78 is 23.8. The summed E-state index contributed by atoms with van der Waals surface area (Å²) in [6, 6.07) is 0. The lowest BCUT2D eigenvalue weighted by molar-refractivity contribution is -0.157. The highest BCUT2D eigenvalue weighted by Crippen LogP contribution is 2.51. The Labute approximate surface area is 155 Å². The molecule has 2 aromatic heterocycles. The number of nitrogens with zero attached hydrogens (tertiary/aromatic N) is 1. The van der Waals surface area contributed by atoms with Crippen molar-refractivity contribution in [2.45, 2.75) is 63.8 Å². The lowest BCUT2D eigenvalue weighted by Crippen LogP contribution is -2.40. The molecule has 0 saturated carbocycles. The maximum absolute atomic E-state index is 12.1. The number of aliphatic hydroxyl groups excluding tert-OH is 1. The third-order valence-electron chi connectivity index (χ3n) is 5.33. The number of nitrogens with one attached hydrogen (secondary N) is 1. The normalized spacial score (nSPS) is 33.2. The number of hydrogen-bond acceptors (Lipinski definition) is 8. The molecule has 0 bridgehead atoms. The van der Waals surface area contributed by atoms with E-state index < -0.39 is 29.5 Å². The van der Waals surface area contributed by atoms with Gasteiger partial charge in [0.05, 0.1) is 12.9 Å². The Morgan fingerprint density at radius 2 is 2.19 bits per heavy atom. The van der Waals surface area contributed by atoms with Gasteiger partial charge in [-0.05, 0) is 25.7 Å². The van der Waals surface area contributed by atoms with Gasteiger partial charge in [-0.1, -0.05) is 13.8 Å². The molecule has 9 heteroatoms. The second kappa shape index (κ2) is 6.59. The molecule has 0 aromatic carbocycles. The first-order valence-electron chi connectivity index (χ1n) is 9.20. The molecule has 4 N–H and O–H groups in total. The number of nitrogen functional groups attached to an aromatic ring is 1. The van der Waals surface area contributed by atoms with E-state index in [1.165, 1.54) is 6.26 Å². The number of nitrogens with two attached hydrogens (primary N) is 1. The van der Waals surface area contributed by atoms with Crippen molar-refractivity contribution in [2.75, 3.05) is 12.3 Å². The van der Waals surface area contributed by atoms with Crippen LogP contribution in [-0.4, -0.2) is 45.8 Å². The predicted molar refractivity (Wildman–Crippen MR) is 96.0 cm³/mol. The fraction of sp³-hybridized carbons (Fsp3) is 0.667. The lowest BCUT2D eigenvalue weighted by Gasteiger charge is -2.27. The molecule has 0 aliphatic carbocycles. The fourth-order valence-corrected chi connectivity index (χ4v) is 3.99. The van der Waals surface area contributed by atoms with E-state index in [1.54, 1.807) is 0 Å². The van der Waals surface area contributed by atoms with E-state index in [1.807, 2.05) is 6.92 Å². The molecule has 2 aliphatic heterocycles. The molecule has 2 aromatic rings. The van der Waals surface area contributed by atoms with Crippen molar-refractivity contribution >= 4 is 17.0 Å². The van der Waals surface area contributed by atoms with Gasteiger partial charge in [0, 0.05) is 5.56 Å². The molecule has 0 amide bonds. The first-order valence-corrected chi connectivity index (χ1v) is 9.20. The number of H-pyrrole nitrogens is 1. The molecule has 0 spiro atoms. The predicted octanol–water partition coefficient (Wildman–Crippen LogP) is 1.47. The van der Waals surface area contributed by atoms with Crippen LogP contribution in [0.5, 0.6) is 0 Å². The number of fused-ring (bicyclic) bond motifs is 2. The van der Waals surface area contributed by atoms with Gasteiger partial charge in [0.15, 0.2) is 6.29 Å². The Hall–Kier alpha value is -1.94. The van der Waals surface area contributed by atoms with Gasteiger partial charge in [0.1, 0.15) is 29.4 Å². The summed E-state index contributed by atoms with van der Waals surface area (Å²) in [6.45, 7) is 5.97. The SMILES string of the molecule is CC(C)CCC1O[C@@H]2[C@@H](CO)O[C@@H](c3coc4c(=O)[nH]c(N)nc34)[C@]2(C)O1. The highest BCUT2D eigenvalue weighted by Gasteiger charge is 2.62. The molecule has 148 valence electrons. The minimum atomic E-state index is -0.842. The summed E-state index contributed by atoms with van der Waals surface area (Å²) in [5.41, 5.74) is 5.35. The van der Waals surface area contributed by atoms with Crippen LogP contribution in [0, 0.1) is 5.92 Å². The summed E-state index contributed by atoms with van der Waals surface area (Å²) in [5.74, 6) is 0.523. The molecule has 2 fully saturated rings. The summed E-state index contributed by atoms with van der Waals surface area (Å²) in [6.07, 6.45) is 1.18. The van der Waals surface area contributed by atoms with Crippen LogP contribution in [0.3, 0.4) is 0 Å². The minimum Gasteiger partial charge on any atom is -0.456 e. The summed E-state index contributed by atoms with van der Waals surface area (Å²) in [5, 5.41) is 9.77. The van der Waals surface area contributed by atoms with Gasteiger partial charge >= 0.3 is 0 Å². The number of rotatable bonds is 5. The summed E-state index contributed by atoms with van der Waals surface area (Å²) in [7, 11) is 0. The summed E-state index contributed by atoms with van der Waals surface area (Å²) in [4.78, 5) is 18.7. The van der Waals surface area contributed by atoms with E-state index in [-0.39, 0.29) is 24.4 Å². The van der Waals surface area contributed by atoms with E-state index in [4.69, 9.17) is 24.4 Å². The van der Waals surface area contributed by atoms with E-state index in [9.17, 15) is 9.90 Å². The number of aliphatic hydroxyl groups is 1. The molecule has 27 heavy (non-hydrogen) atoms. The van der Waals surface area contributed by atoms with Gasteiger partial charge in [-0.15, -0.1) is 0 Å². The second-order valence-electron chi connectivity index (χ2n) is 7.82. The summed E-state index contributed by atoms with van der Waals surface area (Å²) >= 11 is 0. The smallest absolute Gasteiger partial charge is 0.295 e. The van der Waals surface area contributed by atoms with Crippen LogP contribution in [0.4, 0.5) is 5.95 Å². The number of aromatic amines is 1. The van der Waals surface area contributed by atoms with Gasteiger partial charge in [-0.3, -0.25) is 9.78 Å². The van der Waals surface area contributed by atoms with Gasteiger partial charge in [-0.25, -0.2) is 4.98 Å². The molecule has 9 nitrogen and oxygen atoms in total. The standard InChI is InChI=1S/C18H25N3O6/c1-8(2)4-5-11-26-15-10(6-22)25-14(18(15,3)27-11)9-7-24-13-12(9)20-17(19)21-16(13)23/h7-8,10-11,14-15,22H,4-6H2,1-3H3,(H3,19,20,21,23)/t10-,11?,14+,15-,18+/m1/s1. The van der Waals surface area contributed by atoms with Crippen molar-refractivity contribution in [3.8, 4) is 0 Å². The second-order valence-corrected chi connectivity index (χ2v) is 7.82. The number of aromatic nitrogens is 2. The number of hydrogen-bond donors (Lipinski definition) is 3. The van der Waals surface area contributed by atoms with E-state index in [0.717, 1.165) is 12.8 Å². The van der Waals surface area contributed by atoms with Gasteiger partial charge in [-0.2, -0.15) is 0 Å². The van der Waals surface area contributed by atoms with Gasteiger partial charge < -0.3 is 29.5 Å². The maximum atomic E-state index is 12.1. The van der Waals surface area contributed by atoms with Crippen molar-refractivity contribution < 1.29 is 23.7 Å². The zero-order valence-corrected chi connectivity index (χ0v) is 15.6. The number of anilines is 1. The molecule has 5 atom stereocenters. The highest BCUT2D eigenvalue weighted by atomic mass is 16.8. The van der Waals surface area contributed by atoms with Crippen molar-refractivity contribution in [2.24, 2.45) is 5.92 Å². The first-order chi connectivity index (χ1) is 12.8. The molecule has 4 heterocycles. The molecule has 1 unspecified atom stereocenters. The average molecular weight is 379 g/mol. The Morgan fingerprint density at radius 3 is 2.89 bits per heavy atom. The third kappa shape index (κ3) is 2.94. The van der Waals surface area contributed by atoms with Crippen LogP contribution in [0.15, 0.2) is 15.5 Å². The Morgan fingerprint density at radius 1 is 1.41 bits per heavy atom. The van der Waals surface area contributed by atoms with Gasteiger partial charge in [0.2, 0.25) is 11.5 Å². The third-order valence-corrected chi connectivity index (χ3v) is 5.33. The van der Waals surface area contributed by atoms with Crippen LogP contribution in [0.1, 0.15) is 45.3 Å². The minimum absolute atomic E-state index is 0.00745. The molecular weight excluding hydrogens is 354 g/mol. The van der Waals surface area contributed by atoms with Crippen LogP contribution in [-0.2, 0) is 14.2 Å². The monoisotopic (exact) mass is 379 g/mol. The fourth-order valence-electron chi connectivity index (χ4n) is 3.99. The zero-order valence-electron chi connectivity index (χ0n) is 15.6. The Balaban J connectivity index is 1.70.